The highest BCUT2D eigenvalue weighted by Gasteiger charge is 2.27. The molecule has 1 aliphatic heterocycles. The lowest BCUT2D eigenvalue weighted by atomic mass is 9.86. The molecule has 0 bridgehead atoms. The van der Waals surface area contributed by atoms with Gasteiger partial charge in [-0.05, 0) is 85.9 Å². The Morgan fingerprint density at radius 3 is 2.82 bits per heavy atom. The summed E-state index contributed by atoms with van der Waals surface area (Å²) in [6, 6.07) is 2.47. The summed E-state index contributed by atoms with van der Waals surface area (Å²) in [4.78, 5) is 0. The molecule has 1 nitrogen and oxygen atoms in total. The first-order valence-electron chi connectivity index (χ1n) is 7.16. The number of hydrogen-bond acceptors (Lipinski definition) is 1. The Labute approximate surface area is 105 Å². The molecule has 0 aromatic heterocycles. The fourth-order valence-electron chi connectivity index (χ4n) is 3.78. The third kappa shape index (κ3) is 1.81. The highest BCUT2D eigenvalue weighted by Crippen LogP contribution is 2.41. The first kappa shape index (κ1) is 11.3. The summed E-state index contributed by atoms with van der Waals surface area (Å²) >= 11 is 0. The minimum atomic E-state index is 0.844. The second-order valence-corrected chi connectivity index (χ2v) is 5.62. The van der Waals surface area contributed by atoms with Gasteiger partial charge < -0.3 is 5.32 Å². The van der Waals surface area contributed by atoms with E-state index < -0.39 is 0 Å². The molecule has 1 heteroatoms. The fourth-order valence-corrected chi connectivity index (χ4v) is 3.78. The molecular weight excluding hydrogens is 206 g/mol. The second kappa shape index (κ2) is 4.45. The lowest BCUT2D eigenvalue weighted by Crippen LogP contribution is -2.16. The topological polar surface area (TPSA) is 12.0 Å². The van der Waals surface area contributed by atoms with E-state index in [1.165, 1.54) is 38.6 Å². The van der Waals surface area contributed by atoms with Crippen molar-refractivity contribution in [3.8, 4) is 0 Å². The molecule has 1 aliphatic carbocycles. The molecule has 1 atom stereocenters. The van der Waals surface area contributed by atoms with E-state index in [2.05, 4.69) is 25.2 Å². The number of nitrogens with one attached hydrogen (secondary N) is 1. The summed E-state index contributed by atoms with van der Waals surface area (Å²) in [5.41, 5.74) is 8.34. The van der Waals surface area contributed by atoms with Gasteiger partial charge in [0.25, 0.3) is 0 Å². The molecule has 0 saturated heterocycles. The van der Waals surface area contributed by atoms with E-state index in [0.29, 0.717) is 0 Å². The number of fused-ring (bicyclic) bond motifs is 3. The van der Waals surface area contributed by atoms with Crippen LogP contribution in [0.4, 0.5) is 0 Å². The predicted octanol–water partition coefficient (Wildman–Crippen LogP) is 3.12. The van der Waals surface area contributed by atoms with Crippen LogP contribution in [-0.2, 0) is 19.3 Å². The van der Waals surface area contributed by atoms with Crippen molar-refractivity contribution in [2.24, 2.45) is 0 Å². The van der Waals surface area contributed by atoms with Crippen LogP contribution in [0.15, 0.2) is 6.07 Å². The number of benzene rings is 1. The molecule has 1 unspecified atom stereocenters. The molecule has 2 aliphatic rings. The molecule has 0 spiro atoms. The van der Waals surface area contributed by atoms with Gasteiger partial charge in [-0.3, -0.25) is 0 Å². The second-order valence-electron chi connectivity index (χ2n) is 5.62. The van der Waals surface area contributed by atoms with E-state index in [1.807, 2.05) is 0 Å². The Morgan fingerprint density at radius 2 is 2.00 bits per heavy atom. The van der Waals surface area contributed by atoms with Crippen molar-refractivity contribution < 1.29 is 0 Å². The molecule has 1 N–H and O–H groups in total. The van der Waals surface area contributed by atoms with Crippen molar-refractivity contribution in [3.63, 3.8) is 0 Å². The van der Waals surface area contributed by atoms with Gasteiger partial charge >= 0.3 is 0 Å². The molecule has 0 radical (unpaired) electrons. The van der Waals surface area contributed by atoms with Crippen LogP contribution in [-0.4, -0.2) is 13.1 Å². The maximum absolute atomic E-state index is 3.54. The standard InChI is InChI=1S/C16H23N/c1-3-12-4-5-14-11(2)10-13-6-8-17-9-7-15(13)16(12)14/h10,12,17H,3-9H2,1-2H3. The third-order valence-corrected chi connectivity index (χ3v) is 4.67. The van der Waals surface area contributed by atoms with Gasteiger partial charge in [0.05, 0.1) is 0 Å². The van der Waals surface area contributed by atoms with Gasteiger partial charge in [0.1, 0.15) is 0 Å². The van der Waals surface area contributed by atoms with Crippen molar-refractivity contribution >= 4 is 0 Å². The summed E-state index contributed by atoms with van der Waals surface area (Å²) < 4.78 is 0. The lowest BCUT2D eigenvalue weighted by Gasteiger charge is -2.18. The molecule has 17 heavy (non-hydrogen) atoms. The molecule has 1 aromatic rings. The van der Waals surface area contributed by atoms with E-state index in [9.17, 15) is 0 Å². The molecule has 1 aromatic carbocycles. The minimum Gasteiger partial charge on any atom is -0.316 e. The van der Waals surface area contributed by atoms with Gasteiger partial charge in [-0.25, -0.2) is 0 Å². The zero-order valence-corrected chi connectivity index (χ0v) is 11.1. The molecule has 0 fully saturated rings. The highest BCUT2D eigenvalue weighted by atomic mass is 14.8. The van der Waals surface area contributed by atoms with Crippen LogP contribution in [0, 0.1) is 6.92 Å². The zero-order chi connectivity index (χ0) is 11.8. The Hall–Kier alpha value is -0.820. The van der Waals surface area contributed by atoms with E-state index in [-0.39, 0.29) is 0 Å². The SMILES string of the molecule is CCC1CCc2c(C)cc3c(c21)CCNCC3. The maximum atomic E-state index is 3.54. The van der Waals surface area contributed by atoms with Gasteiger partial charge in [0.2, 0.25) is 0 Å². The van der Waals surface area contributed by atoms with Crippen LogP contribution in [0.3, 0.4) is 0 Å². The molecule has 92 valence electrons. The van der Waals surface area contributed by atoms with Crippen LogP contribution < -0.4 is 5.32 Å². The van der Waals surface area contributed by atoms with Gasteiger partial charge in [-0.1, -0.05) is 13.0 Å². The van der Waals surface area contributed by atoms with Crippen molar-refractivity contribution in [1.82, 2.24) is 5.32 Å². The normalized spacial score (nSPS) is 23.1. The molecule has 0 saturated carbocycles. The quantitative estimate of drug-likeness (QED) is 0.780. The molecular formula is C16H23N. The largest absolute Gasteiger partial charge is 0.316 e. The summed E-state index contributed by atoms with van der Waals surface area (Å²) in [6.07, 6.45) is 6.49. The Balaban J connectivity index is 2.16. The first-order chi connectivity index (χ1) is 8.31. The number of rotatable bonds is 1. The molecule has 3 rings (SSSR count). The smallest absolute Gasteiger partial charge is 0.000801 e. The first-order valence-corrected chi connectivity index (χ1v) is 7.16. The van der Waals surface area contributed by atoms with E-state index in [1.54, 1.807) is 27.8 Å². The molecule has 1 heterocycles. The summed E-state index contributed by atoms with van der Waals surface area (Å²) in [5, 5.41) is 3.54. The highest BCUT2D eigenvalue weighted by molar-refractivity contribution is 5.51. The third-order valence-electron chi connectivity index (χ3n) is 4.67. The lowest BCUT2D eigenvalue weighted by molar-refractivity contribution is 0.648. The number of aryl methyl sites for hydroxylation is 1. The summed E-state index contributed by atoms with van der Waals surface area (Å²) in [7, 11) is 0. The van der Waals surface area contributed by atoms with Crippen LogP contribution in [0.1, 0.15) is 53.5 Å². The van der Waals surface area contributed by atoms with Gasteiger partial charge in [-0.2, -0.15) is 0 Å². The van der Waals surface area contributed by atoms with Crippen molar-refractivity contribution in [2.45, 2.75) is 51.9 Å². The Kier molecular flexibility index (Phi) is 2.96. The maximum Gasteiger partial charge on any atom is -0.000801 e. The minimum absolute atomic E-state index is 0.844. The summed E-state index contributed by atoms with van der Waals surface area (Å²) in [5.74, 6) is 0.844. The Morgan fingerprint density at radius 1 is 1.18 bits per heavy atom. The van der Waals surface area contributed by atoms with Crippen molar-refractivity contribution in [3.05, 3.63) is 33.9 Å². The summed E-state index contributed by atoms with van der Waals surface area (Å²) in [6.45, 7) is 6.99. The van der Waals surface area contributed by atoms with E-state index >= 15 is 0 Å². The van der Waals surface area contributed by atoms with Crippen molar-refractivity contribution in [1.29, 1.82) is 0 Å². The van der Waals surface area contributed by atoms with Gasteiger partial charge in [0.15, 0.2) is 0 Å². The average molecular weight is 229 g/mol. The number of hydrogen-bond donors (Lipinski definition) is 1. The van der Waals surface area contributed by atoms with Crippen LogP contribution in [0.2, 0.25) is 0 Å². The average Bonchev–Trinajstić information content (AvgIpc) is 2.63. The van der Waals surface area contributed by atoms with Gasteiger partial charge in [-0.15, -0.1) is 0 Å². The van der Waals surface area contributed by atoms with Crippen molar-refractivity contribution in [2.75, 3.05) is 13.1 Å². The fraction of sp³-hybridized carbons (Fsp3) is 0.625. The Bertz CT molecular complexity index is 434. The monoisotopic (exact) mass is 229 g/mol. The van der Waals surface area contributed by atoms with E-state index in [4.69, 9.17) is 0 Å². The predicted molar refractivity (Wildman–Crippen MR) is 72.8 cm³/mol. The van der Waals surface area contributed by atoms with Crippen LogP contribution in [0.5, 0.6) is 0 Å². The van der Waals surface area contributed by atoms with E-state index in [0.717, 1.165) is 12.5 Å². The van der Waals surface area contributed by atoms with Crippen LogP contribution >= 0.6 is 0 Å². The zero-order valence-electron chi connectivity index (χ0n) is 11.1. The molecule has 0 amide bonds. The van der Waals surface area contributed by atoms with Gasteiger partial charge in [0, 0.05) is 0 Å². The van der Waals surface area contributed by atoms with Crippen LogP contribution in [0.25, 0.3) is 0 Å².